The molecule has 0 aliphatic heterocycles. The van der Waals surface area contributed by atoms with Crippen LogP contribution in [0.25, 0.3) is 10.8 Å². The molecule has 116 valence electrons. The summed E-state index contributed by atoms with van der Waals surface area (Å²) < 4.78 is 5.89. The van der Waals surface area contributed by atoms with E-state index in [4.69, 9.17) is 10.5 Å². The number of primary amides is 1. The van der Waals surface area contributed by atoms with Crippen molar-refractivity contribution in [2.45, 2.75) is 26.4 Å². The molecular weight excluding hydrogens is 348 g/mol. The minimum atomic E-state index is -0.577. The number of ether oxygens (including phenoxy) is 1. The van der Waals surface area contributed by atoms with Crippen LogP contribution in [0.15, 0.2) is 34.8 Å². The van der Waals surface area contributed by atoms with E-state index in [-0.39, 0.29) is 0 Å². The van der Waals surface area contributed by atoms with E-state index in [2.05, 4.69) is 21.2 Å². The molecule has 0 saturated heterocycles. The fourth-order valence-electron chi connectivity index (χ4n) is 2.05. The Labute approximate surface area is 136 Å². The molecule has 0 aromatic heterocycles. The van der Waals surface area contributed by atoms with Crippen molar-refractivity contribution in [1.29, 1.82) is 0 Å². The lowest BCUT2D eigenvalue weighted by atomic mass is 10.0. The summed E-state index contributed by atoms with van der Waals surface area (Å²) in [5.41, 5.74) is 5.79. The van der Waals surface area contributed by atoms with E-state index in [1.165, 1.54) is 0 Å². The quantitative estimate of drug-likeness (QED) is 0.843. The van der Waals surface area contributed by atoms with Crippen molar-refractivity contribution in [2.75, 3.05) is 5.32 Å². The van der Waals surface area contributed by atoms with Gasteiger partial charge in [-0.05, 0) is 59.6 Å². The zero-order chi connectivity index (χ0) is 16.5. The topological polar surface area (TPSA) is 81.4 Å². The van der Waals surface area contributed by atoms with Gasteiger partial charge in [-0.2, -0.15) is 0 Å². The third kappa shape index (κ3) is 3.57. The number of nitrogens with two attached hydrogens (primary N) is 1. The fourth-order valence-corrected chi connectivity index (χ4v) is 2.62. The molecule has 0 aliphatic rings. The number of benzene rings is 2. The predicted octanol–water partition coefficient (Wildman–Crippen LogP) is 4.05. The van der Waals surface area contributed by atoms with Gasteiger partial charge in [-0.3, -0.25) is 10.1 Å². The first kappa shape index (κ1) is 16.3. The lowest BCUT2D eigenvalue weighted by molar-refractivity contribution is 0.0635. The Bertz CT molecular complexity index is 751. The Hall–Kier alpha value is -2.08. The molecule has 5 nitrogen and oxygen atoms in total. The van der Waals surface area contributed by atoms with Crippen molar-refractivity contribution in [3.05, 3.63) is 40.4 Å². The largest absolute Gasteiger partial charge is 0.444 e. The lowest BCUT2D eigenvalue weighted by Gasteiger charge is -2.20. The van der Waals surface area contributed by atoms with E-state index in [0.717, 1.165) is 10.8 Å². The number of halogens is 1. The Morgan fingerprint density at radius 2 is 1.82 bits per heavy atom. The first-order valence-corrected chi connectivity index (χ1v) is 7.49. The van der Waals surface area contributed by atoms with Gasteiger partial charge in [0, 0.05) is 10.0 Å². The molecule has 0 aliphatic carbocycles. The Balaban J connectivity index is 2.40. The van der Waals surface area contributed by atoms with Gasteiger partial charge in [0.1, 0.15) is 5.60 Å². The highest BCUT2D eigenvalue weighted by Gasteiger charge is 2.18. The van der Waals surface area contributed by atoms with Gasteiger partial charge in [-0.15, -0.1) is 0 Å². The molecule has 2 aromatic rings. The molecule has 0 saturated carbocycles. The van der Waals surface area contributed by atoms with Crippen LogP contribution in [0.1, 0.15) is 31.1 Å². The zero-order valence-corrected chi connectivity index (χ0v) is 14.2. The van der Waals surface area contributed by atoms with Gasteiger partial charge >= 0.3 is 6.09 Å². The molecule has 0 heterocycles. The summed E-state index contributed by atoms with van der Waals surface area (Å²) in [7, 11) is 0. The van der Waals surface area contributed by atoms with Gasteiger partial charge in [0.25, 0.3) is 0 Å². The second-order valence-electron chi connectivity index (χ2n) is 5.82. The third-order valence-corrected chi connectivity index (χ3v) is 3.75. The molecule has 0 bridgehead atoms. The normalized spacial score (nSPS) is 11.3. The van der Waals surface area contributed by atoms with Gasteiger partial charge in [0.15, 0.2) is 0 Å². The maximum atomic E-state index is 11.9. The van der Waals surface area contributed by atoms with Crippen molar-refractivity contribution in [1.82, 2.24) is 0 Å². The number of hydrogen-bond donors (Lipinski definition) is 2. The standard InChI is InChI=1S/C16H17BrN2O3/c1-16(2,3)22-15(21)19-12-8-7-9-10(13(12)17)5-4-6-11(9)14(18)20/h4-8H,1-3H3,(H2,18,20)(H,19,21). The smallest absolute Gasteiger partial charge is 0.412 e. The highest BCUT2D eigenvalue weighted by atomic mass is 79.9. The summed E-state index contributed by atoms with van der Waals surface area (Å²) in [5, 5.41) is 4.18. The van der Waals surface area contributed by atoms with Crippen molar-refractivity contribution in [3.8, 4) is 0 Å². The van der Waals surface area contributed by atoms with Crippen LogP contribution in [0.5, 0.6) is 0 Å². The van der Waals surface area contributed by atoms with E-state index in [9.17, 15) is 9.59 Å². The summed E-state index contributed by atoms with van der Waals surface area (Å²) in [6, 6.07) is 8.68. The summed E-state index contributed by atoms with van der Waals surface area (Å²) in [5.74, 6) is -0.495. The van der Waals surface area contributed by atoms with Gasteiger partial charge in [-0.1, -0.05) is 18.2 Å². The summed E-state index contributed by atoms with van der Waals surface area (Å²) in [6.07, 6.45) is -0.543. The van der Waals surface area contributed by atoms with Crippen LogP contribution >= 0.6 is 15.9 Å². The number of hydrogen-bond acceptors (Lipinski definition) is 3. The number of fused-ring (bicyclic) bond motifs is 1. The molecule has 0 radical (unpaired) electrons. The molecule has 0 spiro atoms. The average molecular weight is 365 g/mol. The minimum Gasteiger partial charge on any atom is -0.444 e. The number of anilines is 1. The van der Waals surface area contributed by atoms with Crippen LogP contribution in [0.2, 0.25) is 0 Å². The molecule has 6 heteroatoms. The number of rotatable bonds is 2. The molecule has 2 rings (SSSR count). The van der Waals surface area contributed by atoms with Crippen LogP contribution in [0.3, 0.4) is 0 Å². The van der Waals surface area contributed by atoms with Crippen LogP contribution in [-0.4, -0.2) is 17.6 Å². The Morgan fingerprint density at radius 1 is 1.14 bits per heavy atom. The van der Waals surface area contributed by atoms with Gasteiger partial charge in [0.2, 0.25) is 5.91 Å². The SMILES string of the molecule is CC(C)(C)OC(=O)Nc1ccc2c(C(N)=O)cccc2c1Br. The number of nitrogens with one attached hydrogen (secondary N) is 1. The van der Waals surface area contributed by atoms with Gasteiger partial charge < -0.3 is 10.5 Å². The van der Waals surface area contributed by atoms with E-state index in [1.807, 2.05) is 6.07 Å². The molecule has 3 N–H and O–H groups in total. The Morgan fingerprint density at radius 3 is 2.41 bits per heavy atom. The van der Waals surface area contributed by atoms with Crippen LogP contribution in [0, 0.1) is 0 Å². The average Bonchev–Trinajstić information content (AvgIpc) is 2.39. The monoisotopic (exact) mass is 364 g/mol. The maximum Gasteiger partial charge on any atom is 0.412 e. The van der Waals surface area contributed by atoms with Gasteiger partial charge in [-0.25, -0.2) is 4.79 Å². The first-order valence-electron chi connectivity index (χ1n) is 6.70. The first-order chi connectivity index (χ1) is 10.2. The van der Waals surface area contributed by atoms with E-state index < -0.39 is 17.6 Å². The zero-order valence-electron chi connectivity index (χ0n) is 12.6. The molecule has 0 unspecified atom stereocenters. The summed E-state index contributed by atoms with van der Waals surface area (Å²) in [6.45, 7) is 5.38. The van der Waals surface area contributed by atoms with E-state index in [1.54, 1.807) is 45.0 Å². The van der Waals surface area contributed by atoms with E-state index in [0.29, 0.717) is 15.7 Å². The number of carbonyl (C=O) groups is 2. The molecule has 2 aromatic carbocycles. The van der Waals surface area contributed by atoms with Crippen LogP contribution in [0.4, 0.5) is 10.5 Å². The molecular formula is C16H17BrN2O3. The van der Waals surface area contributed by atoms with Crippen molar-refractivity contribution >= 4 is 44.4 Å². The summed E-state index contributed by atoms with van der Waals surface area (Å²) >= 11 is 3.45. The molecule has 22 heavy (non-hydrogen) atoms. The van der Waals surface area contributed by atoms with Crippen LogP contribution < -0.4 is 11.1 Å². The van der Waals surface area contributed by atoms with Crippen molar-refractivity contribution in [3.63, 3.8) is 0 Å². The maximum absolute atomic E-state index is 11.9. The molecule has 2 amide bonds. The number of amides is 2. The minimum absolute atomic E-state index is 0.432. The third-order valence-electron chi connectivity index (χ3n) is 2.90. The molecule has 0 atom stereocenters. The predicted molar refractivity (Wildman–Crippen MR) is 90.0 cm³/mol. The van der Waals surface area contributed by atoms with Crippen LogP contribution in [-0.2, 0) is 4.74 Å². The van der Waals surface area contributed by atoms with Crippen molar-refractivity contribution < 1.29 is 14.3 Å². The second kappa shape index (κ2) is 5.96. The highest BCUT2D eigenvalue weighted by molar-refractivity contribution is 9.10. The summed E-state index contributed by atoms with van der Waals surface area (Å²) in [4.78, 5) is 23.3. The van der Waals surface area contributed by atoms with Crippen molar-refractivity contribution in [2.24, 2.45) is 5.73 Å². The van der Waals surface area contributed by atoms with Gasteiger partial charge in [0.05, 0.1) is 5.69 Å². The molecule has 0 fully saturated rings. The number of carbonyl (C=O) groups excluding carboxylic acids is 2. The highest BCUT2D eigenvalue weighted by Crippen LogP contribution is 2.33. The second-order valence-corrected chi connectivity index (χ2v) is 6.61. The Kier molecular flexibility index (Phi) is 4.42. The van der Waals surface area contributed by atoms with E-state index >= 15 is 0 Å². The fraction of sp³-hybridized carbons (Fsp3) is 0.250. The lowest BCUT2D eigenvalue weighted by Crippen LogP contribution is -2.27.